The Hall–Kier alpha value is -1.92. The average molecular weight is 377 g/mol. The van der Waals surface area contributed by atoms with Crippen molar-refractivity contribution in [3.63, 3.8) is 0 Å². The Morgan fingerprint density at radius 3 is 2.19 bits per heavy atom. The molecule has 0 atom stereocenters. The van der Waals surface area contributed by atoms with Crippen molar-refractivity contribution in [2.75, 3.05) is 38.4 Å². The van der Waals surface area contributed by atoms with Gasteiger partial charge in [-0.05, 0) is 51.8 Å². The molecule has 150 valence electrons. The summed E-state index contributed by atoms with van der Waals surface area (Å²) < 4.78 is 15.2. The second-order valence-electron chi connectivity index (χ2n) is 8.33. The molecule has 6 heteroatoms. The quantitative estimate of drug-likeness (QED) is 0.742. The van der Waals surface area contributed by atoms with E-state index in [2.05, 4.69) is 0 Å². The third-order valence-electron chi connectivity index (χ3n) is 4.45. The third-order valence-corrected chi connectivity index (χ3v) is 4.45. The molecular formula is C21H31NO5. The molecule has 1 amide bonds. The van der Waals surface area contributed by atoms with Gasteiger partial charge in [-0.1, -0.05) is 12.1 Å². The van der Waals surface area contributed by atoms with E-state index < -0.39 is 11.0 Å². The molecule has 0 saturated carbocycles. The van der Waals surface area contributed by atoms with E-state index in [1.807, 2.05) is 52.8 Å². The summed E-state index contributed by atoms with van der Waals surface area (Å²) in [6.07, 6.45) is 0.221. The van der Waals surface area contributed by atoms with Gasteiger partial charge in [-0.15, -0.1) is 0 Å². The maximum atomic E-state index is 12.2. The first-order chi connectivity index (χ1) is 12.5. The van der Waals surface area contributed by atoms with Gasteiger partial charge in [0.2, 0.25) is 5.91 Å². The lowest BCUT2D eigenvalue weighted by Gasteiger charge is -2.20. The molecule has 0 unspecified atom stereocenters. The van der Waals surface area contributed by atoms with Crippen LogP contribution in [-0.4, -0.2) is 51.0 Å². The van der Waals surface area contributed by atoms with Crippen molar-refractivity contribution in [1.29, 1.82) is 0 Å². The highest BCUT2D eigenvalue weighted by Gasteiger charge is 2.42. The highest BCUT2D eigenvalue weighted by atomic mass is 16.6. The number of rotatable bonds is 2. The van der Waals surface area contributed by atoms with Gasteiger partial charge < -0.3 is 19.1 Å². The number of likely N-dealkylation sites (N-methyl/N-ethyl adjacent to an activating group) is 1. The third kappa shape index (κ3) is 5.53. The molecule has 27 heavy (non-hydrogen) atoms. The summed E-state index contributed by atoms with van der Waals surface area (Å²) >= 11 is 0. The van der Waals surface area contributed by atoms with Gasteiger partial charge in [0, 0.05) is 12.7 Å². The van der Waals surface area contributed by atoms with E-state index in [9.17, 15) is 9.59 Å². The van der Waals surface area contributed by atoms with Gasteiger partial charge in [0.15, 0.2) is 0 Å². The topological polar surface area (TPSA) is 65.1 Å². The predicted octanol–water partition coefficient (Wildman–Crippen LogP) is 2.86. The van der Waals surface area contributed by atoms with Crippen molar-refractivity contribution in [2.24, 2.45) is 0 Å². The minimum atomic E-state index is -0.548. The number of ether oxygens (including phenoxy) is 3. The van der Waals surface area contributed by atoms with E-state index in [-0.39, 0.29) is 18.3 Å². The summed E-state index contributed by atoms with van der Waals surface area (Å²) in [7, 11) is 1.78. The first-order valence-electron chi connectivity index (χ1n) is 9.31. The Bertz CT molecular complexity index is 675. The van der Waals surface area contributed by atoms with Gasteiger partial charge in [-0.25, -0.2) is 0 Å². The summed E-state index contributed by atoms with van der Waals surface area (Å²) in [4.78, 5) is 25.8. The molecule has 0 aromatic heterocycles. The molecule has 3 rings (SSSR count). The lowest BCUT2D eigenvalue weighted by Crippen LogP contribution is -2.33. The van der Waals surface area contributed by atoms with Gasteiger partial charge in [0.05, 0.1) is 38.3 Å². The minimum absolute atomic E-state index is 0.0759. The standard InChI is InChI=1S/C17H23NO3.C4H8O2/c1-16(2,3)21-14(19)10-11-7-8-13-12(9-11)17(4,5)15(20)18(13)6;1-2-6-4-3-5-1/h7-9H,10H2,1-6H3;1-4H2. The molecule has 0 N–H and O–H groups in total. The van der Waals surface area contributed by atoms with E-state index in [1.165, 1.54) is 0 Å². The second kappa shape index (κ2) is 8.40. The molecule has 1 aromatic rings. The molecule has 2 aliphatic rings. The number of nitrogens with zero attached hydrogens (tertiary/aromatic N) is 1. The summed E-state index contributed by atoms with van der Waals surface area (Å²) in [6.45, 7) is 12.5. The molecule has 0 spiro atoms. The molecule has 0 aliphatic carbocycles. The lowest BCUT2D eigenvalue weighted by molar-refractivity contribution is -0.153. The molecule has 0 bridgehead atoms. The van der Waals surface area contributed by atoms with Crippen molar-refractivity contribution in [3.8, 4) is 0 Å². The van der Waals surface area contributed by atoms with Gasteiger partial charge in [-0.2, -0.15) is 0 Å². The zero-order chi connectivity index (χ0) is 20.2. The van der Waals surface area contributed by atoms with Crippen molar-refractivity contribution in [3.05, 3.63) is 29.3 Å². The van der Waals surface area contributed by atoms with Crippen LogP contribution in [0.1, 0.15) is 45.7 Å². The van der Waals surface area contributed by atoms with E-state index in [4.69, 9.17) is 14.2 Å². The molecule has 1 saturated heterocycles. The molecular weight excluding hydrogens is 346 g/mol. The number of hydrogen-bond donors (Lipinski definition) is 0. The van der Waals surface area contributed by atoms with Crippen molar-refractivity contribution >= 4 is 17.6 Å². The van der Waals surface area contributed by atoms with Crippen LogP contribution in [0.5, 0.6) is 0 Å². The maximum Gasteiger partial charge on any atom is 0.310 e. The number of hydrogen-bond acceptors (Lipinski definition) is 5. The highest BCUT2D eigenvalue weighted by Crippen LogP contribution is 2.41. The number of carbonyl (C=O) groups excluding carboxylic acids is 2. The molecule has 1 aromatic carbocycles. The van der Waals surface area contributed by atoms with Crippen LogP contribution in [0, 0.1) is 0 Å². The lowest BCUT2D eigenvalue weighted by atomic mass is 9.85. The van der Waals surface area contributed by atoms with E-state index >= 15 is 0 Å². The Morgan fingerprint density at radius 1 is 1.15 bits per heavy atom. The van der Waals surface area contributed by atoms with E-state index in [0.29, 0.717) is 0 Å². The fraction of sp³-hybridized carbons (Fsp3) is 0.619. The second-order valence-corrected chi connectivity index (χ2v) is 8.33. The fourth-order valence-electron chi connectivity index (χ4n) is 3.11. The van der Waals surface area contributed by atoms with Gasteiger partial charge in [0.25, 0.3) is 0 Å². The molecule has 2 aliphatic heterocycles. The van der Waals surface area contributed by atoms with Crippen LogP contribution in [0.3, 0.4) is 0 Å². The highest BCUT2D eigenvalue weighted by molar-refractivity contribution is 6.07. The smallest absolute Gasteiger partial charge is 0.310 e. The van der Waals surface area contributed by atoms with Crippen molar-refractivity contribution in [1.82, 2.24) is 0 Å². The average Bonchev–Trinajstić information content (AvgIpc) is 2.76. The van der Waals surface area contributed by atoms with Crippen LogP contribution in [0.15, 0.2) is 18.2 Å². The van der Waals surface area contributed by atoms with Crippen LogP contribution >= 0.6 is 0 Å². The number of amides is 1. The number of esters is 1. The monoisotopic (exact) mass is 377 g/mol. The molecule has 6 nitrogen and oxygen atoms in total. The Kier molecular flexibility index (Phi) is 6.65. The zero-order valence-corrected chi connectivity index (χ0v) is 17.3. The molecule has 0 radical (unpaired) electrons. The Labute approximate surface area is 161 Å². The number of carbonyl (C=O) groups is 2. The fourth-order valence-corrected chi connectivity index (χ4v) is 3.11. The summed E-state index contributed by atoms with van der Waals surface area (Å²) in [5.41, 5.74) is 1.73. The zero-order valence-electron chi connectivity index (χ0n) is 17.3. The number of fused-ring (bicyclic) bond motifs is 1. The predicted molar refractivity (Wildman–Crippen MR) is 104 cm³/mol. The number of benzene rings is 1. The van der Waals surface area contributed by atoms with Crippen LogP contribution in [0.25, 0.3) is 0 Å². The van der Waals surface area contributed by atoms with Crippen LogP contribution in [0.2, 0.25) is 0 Å². The van der Waals surface area contributed by atoms with Crippen LogP contribution in [0.4, 0.5) is 5.69 Å². The molecule has 2 heterocycles. The van der Waals surface area contributed by atoms with E-state index in [0.717, 1.165) is 43.2 Å². The Balaban J connectivity index is 0.000000369. The largest absolute Gasteiger partial charge is 0.460 e. The summed E-state index contributed by atoms with van der Waals surface area (Å²) in [5, 5.41) is 0. The first kappa shape index (κ1) is 21.4. The normalized spacial score (nSPS) is 18.4. The SMILES string of the molecule is C1COCCO1.CN1C(=O)C(C)(C)c2cc(CC(=O)OC(C)(C)C)ccc21. The van der Waals surface area contributed by atoms with Gasteiger partial charge in [0.1, 0.15) is 5.60 Å². The van der Waals surface area contributed by atoms with Gasteiger partial charge >= 0.3 is 5.97 Å². The summed E-state index contributed by atoms with van der Waals surface area (Å²) in [6, 6.07) is 5.73. The molecule has 1 fully saturated rings. The summed E-state index contributed by atoms with van der Waals surface area (Å²) in [5.74, 6) is -0.176. The van der Waals surface area contributed by atoms with Gasteiger partial charge in [-0.3, -0.25) is 9.59 Å². The number of anilines is 1. The van der Waals surface area contributed by atoms with E-state index in [1.54, 1.807) is 11.9 Å². The van der Waals surface area contributed by atoms with Crippen LogP contribution < -0.4 is 4.90 Å². The Morgan fingerprint density at radius 2 is 1.70 bits per heavy atom. The minimum Gasteiger partial charge on any atom is -0.460 e. The first-order valence-corrected chi connectivity index (χ1v) is 9.31. The van der Waals surface area contributed by atoms with Crippen LogP contribution in [-0.2, 0) is 35.6 Å². The van der Waals surface area contributed by atoms with Crippen molar-refractivity contribution < 1.29 is 23.8 Å². The van der Waals surface area contributed by atoms with Crippen molar-refractivity contribution in [2.45, 2.75) is 52.1 Å². The maximum absolute atomic E-state index is 12.2.